The molecule has 1 amide bonds. The van der Waals surface area contributed by atoms with Gasteiger partial charge in [-0.05, 0) is 30.7 Å². The van der Waals surface area contributed by atoms with Crippen LogP contribution in [0.3, 0.4) is 0 Å². The summed E-state index contributed by atoms with van der Waals surface area (Å²) in [6.07, 6.45) is -0.402. The normalized spacial score (nSPS) is 11.3. The number of nitrogens with zero attached hydrogens (tertiary/aromatic N) is 4. The summed E-state index contributed by atoms with van der Waals surface area (Å²) in [5, 5.41) is 7.43. The van der Waals surface area contributed by atoms with Crippen molar-refractivity contribution >= 4 is 22.6 Å². The molecule has 39 heavy (non-hydrogen) atoms. The Morgan fingerprint density at radius 3 is 2.46 bits per heavy atom. The minimum atomic E-state index is -4.38. The maximum Gasteiger partial charge on any atom is 0.392 e. The van der Waals surface area contributed by atoms with Gasteiger partial charge >= 0.3 is 6.18 Å². The summed E-state index contributed by atoms with van der Waals surface area (Å²) < 4.78 is 61.0. The van der Waals surface area contributed by atoms with Crippen LogP contribution in [-0.4, -0.2) is 52.7 Å². The second-order valence-electron chi connectivity index (χ2n) is 8.29. The predicted octanol–water partition coefficient (Wildman–Crippen LogP) is 5.63. The van der Waals surface area contributed by atoms with E-state index in [1.165, 1.54) is 37.4 Å². The fourth-order valence-corrected chi connectivity index (χ4v) is 3.64. The molecule has 0 spiro atoms. The van der Waals surface area contributed by atoms with E-state index in [1.807, 2.05) is 6.92 Å². The van der Waals surface area contributed by atoms with E-state index >= 15 is 0 Å². The van der Waals surface area contributed by atoms with Crippen LogP contribution < -0.4 is 24.3 Å². The zero-order valence-corrected chi connectivity index (χ0v) is 21.4. The van der Waals surface area contributed by atoms with E-state index in [0.717, 1.165) is 0 Å². The standard InChI is InChI=1S/C26H26F3N5O5/c1-4-10-34-15-22(38-11-8-26(27,28)29)24(33-34)25(35)32-23-6-5-16(14-31-23)39-19-7-9-30-18-13-21(37-3)20(36-2)12-17(18)19/h5-7,9,12-15H,4,8,10-11H2,1-3H3,(H,31,32,35). The quantitative estimate of drug-likeness (QED) is 0.258. The molecule has 4 rings (SSSR count). The van der Waals surface area contributed by atoms with E-state index in [9.17, 15) is 18.0 Å². The number of amides is 1. The minimum Gasteiger partial charge on any atom is -0.493 e. The molecule has 10 nitrogen and oxygen atoms in total. The van der Waals surface area contributed by atoms with Crippen LogP contribution >= 0.6 is 0 Å². The number of aryl methyl sites for hydroxylation is 1. The maximum absolute atomic E-state index is 12.9. The topological polar surface area (TPSA) is 110 Å². The Labute approximate surface area is 221 Å². The number of hydrogen-bond acceptors (Lipinski definition) is 8. The molecule has 0 aliphatic heterocycles. The van der Waals surface area contributed by atoms with Crippen molar-refractivity contribution in [2.75, 3.05) is 26.1 Å². The number of hydrogen-bond donors (Lipinski definition) is 1. The molecule has 0 aliphatic rings. The fourth-order valence-electron chi connectivity index (χ4n) is 3.64. The highest BCUT2D eigenvalue weighted by Gasteiger charge is 2.28. The highest BCUT2D eigenvalue weighted by Crippen LogP contribution is 2.36. The van der Waals surface area contributed by atoms with Gasteiger partial charge in [-0.15, -0.1) is 0 Å². The summed E-state index contributed by atoms with van der Waals surface area (Å²) in [6, 6.07) is 8.31. The number of aromatic nitrogens is 4. The molecule has 0 radical (unpaired) electrons. The van der Waals surface area contributed by atoms with Crippen LogP contribution in [0.1, 0.15) is 30.3 Å². The molecule has 13 heteroatoms. The molecule has 206 valence electrons. The van der Waals surface area contributed by atoms with E-state index in [2.05, 4.69) is 20.4 Å². The van der Waals surface area contributed by atoms with Crippen LogP contribution in [0.15, 0.2) is 48.9 Å². The molecule has 1 aromatic carbocycles. The van der Waals surface area contributed by atoms with Gasteiger partial charge in [0.05, 0.1) is 45.2 Å². The number of alkyl halides is 3. The Morgan fingerprint density at radius 2 is 1.79 bits per heavy atom. The second-order valence-corrected chi connectivity index (χ2v) is 8.29. The largest absolute Gasteiger partial charge is 0.493 e. The predicted molar refractivity (Wildman–Crippen MR) is 136 cm³/mol. The van der Waals surface area contributed by atoms with Crippen molar-refractivity contribution in [1.29, 1.82) is 0 Å². The lowest BCUT2D eigenvalue weighted by Gasteiger charge is -2.12. The zero-order valence-electron chi connectivity index (χ0n) is 21.4. The van der Waals surface area contributed by atoms with Crippen LogP contribution in [-0.2, 0) is 6.54 Å². The molecule has 4 aromatic rings. The summed E-state index contributed by atoms with van der Waals surface area (Å²) in [6.45, 7) is 1.74. The number of fused-ring (bicyclic) bond motifs is 1. The molecule has 0 saturated heterocycles. The van der Waals surface area contributed by atoms with E-state index in [1.54, 1.807) is 30.5 Å². The molecule has 0 atom stereocenters. The minimum absolute atomic E-state index is 0.0400. The molecular weight excluding hydrogens is 519 g/mol. The zero-order chi connectivity index (χ0) is 28.0. The number of carbonyl (C=O) groups excluding carboxylic acids is 1. The van der Waals surface area contributed by atoms with Crippen molar-refractivity contribution in [3.63, 3.8) is 0 Å². The van der Waals surface area contributed by atoms with Crippen molar-refractivity contribution in [3.8, 4) is 28.7 Å². The van der Waals surface area contributed by atoms with Crippen molar-refractivity contribution in [2.45, 2.75) is 32.5 Å². The van der Waals surface area contributed by atoms with Crippen molar-refractivity contribution in [2.24, 2.45) is 0 Å². The number of pyridine rings is 2. The average Bonchev–Trinajstić information content (AvgIpc) is 3.31. The number of halogens is 3. The van der Waals surface area contributed by atoms with Gasteiger partial charge in [-0.3, -0.25) is 14.5 Å². The molecule has 0 saturated carbocycles. The Bertz CT molecular complexity index is 1440. The van der Waals surface area contributed by atoms with Crippen LogP contribution in [0, 0.1) is 0 Å². The van der Waals surface area contributed by atoms with Crippen LogP contribution in [0.2, 0.25) is 0 Å². The monoisotopic (exact) mass is 545 g/mol. The Balaban J connectivity index is 1.48. The number of carbonyl (C=O) groups is 1. The van der Waals surface area contributed by atoms with Gasteiger partial charge in [0.1, 0.15) is 17.3 Å². The Kier molecular flexibility index (Phi) is 8.37. The third kappa shape index (κ3) is 6.86. The summed E-state index contributed by atoms with van der Waals surface area (Å²) in [7, 11) is 3.07. The summed E-state index contributed by atoms with van der Waals surface area (Å²) in [5.41, 5.74) is 0.498. The number of ether oxygens (including phenoxy) is 4. The SMILES string of the molecule is CCCn1cc(OCCC(F)(F)F)c(C(=O)Nc2ccc(Oc3ccnc4cc(OC)c(OC)cc34)cn2)n1. The highest BCUT2D eigenvalue weighted by atomic mass is 19.4. The van der Waals surface area contributed by atoms with Gasteiger partial charge in [-0.2, -0.15) is 18.3 Å². The number of rotatable bonds is 11. The van der Waals surface area contributed by atoms with E-state index in [4.69, 9.17) is 18.9 Å². The lowest BCUT2D eigenvalue weighted by Crippen LogP contribution is -2.17. The lowest BCUT2D eigenvalue weighted by atomic mass is 10.2. The molecule has 0 bridgehead atoms. The molecule has 0 unspecified atom stereocenters. The van der Waals surface area contributed by atoms with Crippen LogP contribution in [0.5, 0.6) is 28.7 Å². The first-order chi connectivity index (χ1) is 18.7. The lowest BCUT2D eigenvalue weighted by molar-refractivity contribution is -0.139. The number of methoxy groups -OCH3 is 2. The van der Waals surface area contributed by atoms with Gasteiger partial charge in [-0.1, -0.05) is 6.92 Å². The van der Waals surface area contributed by atoms with Gasteiger partial charge in [0.25, 0.3) is 5.91 Å². The molecule has 0 fully saturated rings. The van der Waals surface area contributed by atoms with Crippen LogP contribution in [0.25, 0.3) is 10.9 Å². The second kappa shape index (κ2) is 11.9. The number of benzene rings is 1. The molecular formula is C26H26F3N5O5. The fraction of sp³-hybridized carbons (Fsp3) is 0.308. The van der Waals surface area contributed by atoms with E-state index in [0.29, 0.717) is 46.9 Å². The first-order valence-electron chi connectivity index (χ1n) is 11.9. The molecule has 3 aromatic heterocycles. The number of nitrogens with one attached hydrogen (secondary N) is 1. The van der Waals surface area contributed by atoms with Gasteiger partial charge < -0.3 is 24.3 Å². The molecule has 0 aliphatic carbocycles. The molecule has 1 N–H and O–H groups in total. The Morgan fingerprint density at radius 1 is 1.03 bits per heavy atom. The van der Waals surface area contributed by atoms with Crippen LogP contribution in [0.4, 0.5) is 19.0 Å². The van der Waals surface area contributed by atoms with Crippen molar-refractivity contribution in [1.82, 2.24) is 19.7 Å². The van der Waals surface area contributed by atoms with Gasteiger partial charge in [0.2, 0.25) is 0 Å². The van der Waals surface area contributed by atoms with Gasteiger partial charge in [-0.25, -0.2) is 4.98 Å². The van der Waals surface area contributed by atoms with E-state index < -0.39 is 25.1 Å². The summed E-state index contributed by atoms with van der Waals surface area (Å²) in [5.74, 6) is 1.41. The maximum atomic E-state index is 12.9. The first-order valence-corrected chi connectivity index (χ1v) is 11.9. The van der Waals surface area contributed by atoms with Crippen molar-refractivity contribution < 1.29 is 36.9 Å². The average molecular weight is 546 g/mol. The third-order valence-corrected chi connectivity index (χ3v) is 5.45. The summed E-state index contributed by atoms with van der Waals surface area (Å²) >= 11 is 0. The van der Waals surface area contributed by atoms with Crippen molar-refractivity contribution in [3.05, 3.63) is 54.6 Å². The first kappa shape index (κ1) is 27.5. The number of anilines is 1. The van der Waals surface area contributed by atoms with Gasteiger partial charge in [0.15, 0.2) is 22.9 Å². The van der Waals surface area contributed by atoms with Gasteiger partial charge in [0, 0.05) is 24.2 Å². The summed E-state index contributed by atoms with van der Waals surface area (Å²) in [4.78, 5) is 21.4. The highest BCUT2D eigenvalue weighted by molar-refractivity contribution is 6.04. The third-order valence-electron chi connectivity index (χ3n) is 5.45. The smallest absolute Gasteiger partial charge is 0.392 e. The Hall–Kier alpha value is -4.55. The van der Waals surface area contributed by atoms with E-state index in [-0.39, 0.29) is 17.3 Å². The molecule has 3 heterocycles.